The number of allylic oxidation sites excluding steroid dienone is 1. The van der Waals surface area contributed by atoms with Gasteiger partial charge in [-0.2, -0.15) is 0 Å². The number of fused-ring (bicyclic) bond motifs is 1. The van der Waals surface area contributed by atoms with Gasteiger partial charge in [0.2, 0.25) is 0 Å². The Bertz CT molecular complexity index is 1650. The van der Waals surface area contributed by atoms with Crippen LogP contribution in [0.1, 0.15) is 35.5 Å². The van der Waals surface area contributed by atoms with E-state index in [1.54, 1.807) is 65.2 Å². The summed E-state index contributed by atoms with van der Waals surface area (Å²) in [5, 5.41) is 3.14. The molecule has 1 amide bonds. The molecular weight excluding hydrogens is 507 g/mol. The van der Waals surface area contributed by atoms with Crippen LogP contribution in [-0.2, 0) is 18.0 Å². The molecule has 198 valence electrons. The molecule has 3 N–H and O–H groups in total. The summed E-state index contributed by atoms with van der Waals surface area (Å²) in [6.45, 7) is 10.7. The number of nitrogens with zero attached hydrogens (tertiary/aromatic N) is 1. The molecule has 4 rings (SSSR count). The van der Waals surface area contributed by atoms with Crippen LogP contribution in [0, 0.1) is 19.7 Å². The van der Waals surface area contributed by atoms with Crippen molar-refractivity contribution in [3.8, 4) is 22.6 Å². The van der Waals surface area contributed by atoms with Gasteiger partial charge in [0.1, 0.15) is 39.5 Å². The summed E-state index contributed by atoms with van der Waals surface area (Å²) < 4.78 is 36.9. The Morgan fingerprint density at radius 1 is 1.16 bits per heavy atom. The van der Waals surface area contributed by atoms with Crippen molar-refractivity contribution >= 4 is 33.5 Å². The fourth-order valence-corrected chi connectivity index (χ4v) is 4.73. The number of pyridine rings is 1. The first kappa shape index (κ1) is 26.9. The Morgan fingerprint density at radius 2 is 1.84 bits per heavy atom. The number of halogens is 1. The normalized spacial score (nSPS) is 11.8. The number of nitrogens with one attached hydrogen (secondary N) is 3. The van der Waals surface area contributed by atoms with E-state index >= 15 is 0 Å². The molecule has 1 unspecified atom stereocenters. The van der Waals surface area contributed by atoms with E-state index in [0.717, 1.165) is 0 Å². The molecule has 2 aromatic heterocycles. The van der Waals surface area contributed by atoms with Gasteiger partial charge in [-0.3, -0.25) is 9.59 Å². The van der Waals surface area contributed by atoms with Gasteiger partial charge < -0.3 is 24.3 Å². The Kier molecular flexibility index (Phi) is 7.54. The second-order valence-corrected chi connectivity index (χ2v) is 10.6. The van der Waals surface area contributed by atoms with E-state index in [4.69, 9.17) is 4.74 Å². The lowest BCUT2D eigenvalue weighted by Crippen LogP contribution is -2.21. The minimum absolute atomic E-state index is 0.196. The Labute approximate surface area is 222 Å². The summed E-state index contributed by atoms with van der Waals surface area (Å²) >= 11 is 0. The topological polar surface area (TPSA) is 105 Å². The van der Waals surface area contributed by atoms with E-state index in [2.05, 4.69) is 21.6 Å². The third kappa shape index (κ3) is 5.40. The van der Waals surface area contributed by atoms with E-state index in [1.165, 1.54) is 16.7 Å². The number of ether oxygens (including phenoxy) is 1. The highest BCUT2D eigenvalue weighted by Crippen LogP contribution is 2.40. The van der Waals surface area contributed by atoms with Crippen LogP contribution >= 0.6 is 0 Å². The summed E-state index contributed by atoms with van der Waals surface area (Å²) in [6, 6.07) is 9.63. The molecule has 10 heteroatoms. The quantitative estimate of drug-likeness (QED) is 0.279. The number of aromatic amines is 1. The van der Waals surface area contributed by atoms with Crippen LogP contribution in [0.4, 0.5) is 10.1 Å². The Morgan fingerprint density at radius 3 is 2.47 bits per heavy atom. The number of amides is 1. The molecule has 0 fully saturated rings. The lowest BCUT2D eigenvalue weighted by Gasteiger charge is -2.17. The molecule has 0 aliphatic rings. The van der Waals surface area contributed by atoms with E-state index in [9.17, 15) is 18.2 Å². The lowest BCUT2D eigenvalue weighted by atomic mass is 10.0. The van der Waals surface area contributed by atoms with Gasteiger partial charge in [-0.1, -0.05) is 13.5 Å². The zero-order valence-electron chi connectivity index (χ0n) is 21.8. The Balaban J connectivity index is 1.96. The van der Waals surface area contributed by atoms with E-state index in [1.807, 2.05) is 0 Å². The molecule has 0 saturated carbocycles. The molecule has 0 saturated heterocycles. The van der Waals surface area contributed by atoms with Crippen LogP contribution < -0.4 is 20.3 Å². The molecule has 2 heterocycles. The molecule has 8 nitrogen and oxygen atoms in total. The molecule has 1 atom stereocenters. The second kappa shape index (κ2) is 10.7. The zero-order chi connectivity index (χ0) is 27.7. The predicted octanol–water partition coefficient (Wildman–Crippen LogP) is 5.44. The van der Waals surface area contributed by atoms with Crippen LogP contribution in [0.5, 0.6) is 11.5 Å². The van der Waals surface area contributed by atoms with Crippen LogP contribution in [0.25, 0.3) is 22.0 Å². The van der Waals surface area contributed by atoms with Crippen molar-refractivity contribution in [2.45, 2.75) is 27.7 Å². The number of carbonyl (C=O) groups is 1. The van der Waals surface area contributed by atoms with Crippen molar-refractivity contribution in [1.29, 1.82) is 0 Å². The summed E-state index contributed by atoms with van der Waals surface area (Å²) in [4.78, 5) is 28.6. The second-order valence-electron chi connectivity index (χ2n) is 9.08. The largest absolute Gasteiger partial charge is 0.456 e. The number of aromatic nitrogens is 2. The summed E-state index contributed by atoms with van der Waals surface area (Å²) in [5.41, 5.74) is 3.59. The number of H-pyrrole nitrogens is 1. The molecule has 0 aliphatic carbocycles. The first-order chi connectivity index (χ1) is 18.0. The van der Waals surface area contributed by atoms with Gasteiger partial charge in [0.15, 0.2) is 0 Å². The standard InChI is InChI=1S/C28H29FN4O4S/c1-7-38(36)32-19-8-9-24(37-26-16(4)10-18(29)11-17(26)5)20(12-19)22-14-33(6)28(35)25-21(22)13-23(31-25)27(34)30-15(2)3/h8-14,31-32H,2,7H2,1,3-6H3,(H,30,34). The summed E-state index contributed by atoms with van der Waals surface area (Å²) in [6.07, 6.45) is 1.66. The van der Waals surface area contributed by atoms with Gasteiger partial charge in [-0.05, 0) is 68.3 Å². The van der Waals surface area contributed by atoms with Crippen molar-refractivity contribution in [3.63, 3.8) is 0 Å². The highest BCUT2D eigenvalue weighted by Gasteiger charge is 2.20. The molecule has 2 aromatic carbocycles. The van der Waals surface area contributed by atoms with E-state index < -0.39 is 16.9 Å². The van der Waals surface area contributed by atoms with Crippen LogP contribution in [-0.4, -0.2) is 25.4 Å². The molecule has 0 aliphatic heterocycles. The van der Waals surface area contributed by atoms with Crippen molar-refractivity contribution in [3.05, 3.63) is 87.9 Å². The zero-order valence-corrected chi connectivity index (χ0v) is 22.6. The Hall–Kier alpha value is -4.18. The van der Waals surface area contributed by atoms with Gasteiger partial charge in [-0.25, -0.2) is 8.60 Å². The van der Waals surface area contributed by atoms with Crippen LogP contribution in [0.2, 0.25) is 0 Å². The third-order valence-corrected chi connectivity index (χ3v) is 6.92. The van der Waals surface area contributed by atoms with Crippen molar-refractivity contribution in [2.75, 3.05) is 10.5 Å². The fraction of sp³-hybridized carbons (Fsp3) is 0.214. The average molecular weight is 537 g/mol. The predicted molar refractivity (Wildman–Crippen MR) is 150 cm³/mol. The first-order valence-electron chi connectivity index (χ1n) is 11.9. The highest BCUT2D eigenvalue weighted by atomic mass is 32.2. The van der Waals surface area contributed by atoms with Gasteiger partial charge in [0, 0.05) is 46.9 Å². The highest BCUT2D eigenvalue weighted by molar-refractivity contribution is 7.86. The van der Waals surface area contributed by atoms with Gasteiger partial charge in [0.25, 0.3) is 11.5 Å². The van der Waals surface area contributed by atoms with Crippen molar-refractivity contribution in [2.24, 2.45) is 7.05 Å². The molecule has 0 radical (unpaired) electrons. The number of anilines is 1. The SMILES string of the molecule is C=C(C)NC(=O)c1cc2c(-c3cc(NS(=O)CC)ccc3Oc3c(C)cc(F)cc3C)cn(C)c(=O)c2[nH]1. The number of hydrogen-bond acceptors (Lipinski definition) is 4. The maximum atomic E-state index is 13.9. The van der Waals surface area contributed by atoms with E-state index in [-0.39, 0.29) is 22.6 Å². The molecule has 0 spiro atoms. The van der Waals surface area contributed by atoms with Crippen molar-refractivity contribution < 1.29 is 18.1 Å². The maximum absolute atomic E-state index is 13.9. The summed E-state index contributed by atoms with van der Waals surface area (Å²) in [5.74, 6) is 0.558. The van der Waals surface area contributed by atoms with Crippen LogP contribution in [0.15, 0.2) is 59.7 Å². The smallest absolute Gasteiger partial charge is 0.274 e. The lowest BCUT2D eigenvalue weighted by molar-refractivity contribution is 0.0962. The van der Waals surface area contributed by atoms with Crippen molar-refractivity contribution in [1.82, 2.24) is 14.9 Å². The van der Waals surface area contributed by atoms with Gasteiger partial charge in [0.05, 0.1) is 0 Å². The summed E-state index contributed by atoms with van der Waals surface area (Å²) in [7, 11) is 0.319. The number of benzene rings is 2. The van der Waals surface area contributed by atoms with Gasteiger partial charge in [-0.15, -0.1) is 0 Å². The molecule has 4 aromatic rings. The average Bonchev–Trinajstić information content (AvgIpc) is 3.30. The molecule has 38 heavy (non-hydrogen) atoms. The fourth-order valence-electron chi connectivity index (χ4n) is 4.20. The number of aryl methyl sites for hydroxylation is 3. The minimum Gasteiger partial charge on any atom is -0.456 e. The first-order valence-corrected chi connectivity index (χ1v) is 13.2. The van der Waals surface area contributed by atoms with Gasteiger partial charge >= 0.3 is 0 Å². The number of hydrogen-bond donors (Lipinski definition) is 3. The number of carbonyl (C=O) groups excluding carboxylic acids is 1. The van der Waals surface area contributed by atoms with Crippen LogP contribution in [0.3, 0.4) is 0 Å². The number of rotatable bonds is 8. The molecule has 0 bridgehead atoms. The van der Waals surface area contributed by atoms with E-state index in [0.29, 0.717) is 56.3 Å². The minimum atomic E-state index is -1.30. The third-order valence-electron chi connectivity index (χ3n) is 5.94. The molecular formula is C28H29FN4O4S. The monoisotopic (exact) mass is 536 g/mol. The maximum Gasteiger partial charge on any atom is 0.274 e.